The van der Waals surface area contributed by atoms with Crippen molar-refractivity contribution in [2.45, 2.75) is 38.1 Å². The molecule has 8 heteroatoms. The molecule has 0 aromatic carbocycles. The van der Waals surface area contributed by atoms with Crippen LogP contribution in [0.3, 0.4) is 0 Å². The summed E-state index contributed by atoms with van der Waals surface area (Å²) in [6.45, 7) is 2.30. The molecule has 2 aliphatic rings. The van der Waals surface area contributed by atoms with Gasteiger partial charge in [0, 0.05) is 40.2 Å². The summed E-state index contributed by atoms with van der Waals surface area (Å²) < 4.78 is 6.68. The second kappa shape index (κ2) is 7.95. The van der Waals surface area contributed by atoms with Gasteiger partial charge < -0.3 is 14.5 Å². The van der Waals surface area contributed by atoms with Gasteiger partial charge in [-0.1, -0.05) is 18.1 Å². The molecule has 138 valence electrons. The first kappa shape index (κ1) is 17.8. The number of likely N-dealkylation sites (N-methyl/N-ethyl adjacent to an activating group) is 1. The lowest BCUT2D eigenvalue weighted by Gasteiger charge is -2.39. The van der Waals surface area contributed by atoms with Gasteiger partial charge in [-0.25, -0.2) is 4.68 Å². The Balaban J connectivity index is 1.47. The topological polar surface area (TPSA) is 80.6 Å². The average molecular weight is 349 g/mol. The lowest BCUT2D eigenvalue weighted by Crippen LogP contribution is -2.51. The molecule has 25 heavy (non-hydrogen) atoms. The zero-order chi connectivity index (χ0) is 17.8. The summed E-state index contributed by atoms with van der Waals surface area (Å²) in [6, 6.07) is 0.117. The van der Waals surface area contributed by atoms with Crippen molar-refractivity contribution in [2.75, 3.05) is 40.4 Å². The van der Waals surface area contributed by atoms with E-state index in [9.17, 15) is 9.59 Å². The number of likely N-dealkylation sites (tertiary alicyclic amines) is 1. The molecule has 0 spiro atoms. The molecular weight excluding hydrogens is 322 g/mol. The van der Waals surface area contributed by atoms with Gasteiger partial charge in [-0.05, 0) is 18.8 Å². The quantitative estimate of drug-likeness (QED) is 0.732. The molecule has 2 fully saturated rings. The van der Waals surface area contributed by atoms with Crippen molar-refractivity contribution in [3.05, 3.63) is 11.9 Å². The minimum Gasteiger partial charge on any atom is -0.383 e. The zero-order valence-electron chi connectivity index (χ0n) is 15.1. The van der Waals surface area contributed by atoms with Gasteiger partial charge in [0.25, 0.3) is 5.91 Å². The lowest BCUT2D eigenvalue weighted by atomic mass is 10.0. The van der Waals surface area contributed by atoms with Crippen molar-refractivity contribution in [2.24, 2.45) is 5.92 Å². The molecule has 1 saturated carbocycles. The maximum absolute atomic E-state index is 12.3. The van der Waals surface area contributed by atoms with Crippen molar-refractivity contribution in [1.29, 1.82) is 0 Å². The maximum Gasteiger partial charge on any atom is 0.275 e. The normalized spacial score (nSPS) is 18.4. The Morgan fingerprint density at radius 2 is 2.04 bits per heavy atom. The fraction of sp³-hybridized carbons (Fsp3) is 0.765. The molecule has 0 bridgehead atoms. The molecule has 2 heterocycles. The second-order valence-electron chi connectivity index (χ2n) is 7.11. The molecular formula is C17H27N5O3. The molecule has 2 amide bonds. The van der Waals surface area contributed by atoms with Crippen LogP contribution in [0.5, 0.6) is 0 Å². The molecule has 1 aromatic rings. The predicted octanol–water partition coefficient (Wildman–Crippen LogP) is 0.960. The summed E-state index contributed by atoms with van der Waals surface area (Å²) >= 11 is 0. The van der Waals surface area contributed by atoms with Crippen LogP contribution in [0.4, 0.5) is 0 Å². The van der Waals surface area contributed by atoms with E-state index in [1.165, 1.54) is 25.7 Å². The Morgan fingerprint density at radius 3 is 2.72 bits per heavy atom. The van der Waals surface area contributed by atoms with E-state index in [0.29, 0.717) is 44.3 Å². The minimum atomic E-state index is -0.170. The van der Waals surface area contributed by atoms with E-state index in [4.69, 9.17) is 4.74 Å². The summed E-state index contributed by atoms with van der Waals surface area (Å²) in [5.41, 5.74) is 0.328. The van der Waals surface area contributed by atoms with Crippen LogP contribution in [-0.4, -0.2) is 77.0 Å². The molecule has 1 aliphatic heterocycles. The fourth-order valence-electron chi connectivity index (χ4n) is 3.50. The largest absolute Gasteiger partial charge is 0.383 e. The predicted molar refractivity (Wildman–Crippen MR) is 91.1 cm³/mol. The summed E-state index contributed by atoms with van der Waals surface area (Å²) in [6.07, 6.45) is 7.25. The van der Waals surface area contributed by atoms with Crippen LogP contribution in [0.2, 0.25) is 0 Å². The zero-order valence-corrected chi connectivity index (χ0v) is 15.1. The van der Waals surface area contributed by atoms with Crippen LogP contribution >= 0.6 is 0 Å². The Kier molecular flexibility index (Phi) is 5.67. The van der Waals surface area contributed by atoms with E-state index in [2.05, 4.69) is 10.3 Å². The van der Waals surface area contributed by atoms with Gasteiger partial charge in [0.05, 0.1) is 18.8 Å². The molecule has 0 unspecified atom stereocenters. The van der Waals surface area contributed by atoms with E-state index < -0.39 is 0 Å². The highest BCUT2D eigenvalue weighted by molar-refractivity contribution is 5.91. The Bertz CT molecular complexity index is 605. The number of carbonyl (C=O) groups is 2. The van der Waals surface area contributed by atoms with E-state index in [0.717, 1.165) is 0 Å². The number of hydrogen-bond donors (Lipinski definition) is 0. The standard InChI is InChI=1S/C17H27N5O3/c1-20(7-8-25-2)17(24)15-12-22(19-18-15)14-10-21(11-14)16(23)9-13-5-3-4-6-13/h12-14H,3-11H2,1-2H3. The van der Waals surface area contributed by atoms with Crippen LogP contribution < -0.4 is 0 Å². The first-order valence-electron chi connectivity index (χ1n) is 9.02. The van der Waals surface area contributed by atoms with Crippen LogP contribution in [-0.2, 0) is 9.53 Å². The van der Waals surface area contributed by atoms with Gasteiger partial charge in [0.2, 0.25) is 5.91 Å². The van der Waals surface area contributed by atoms with Gasteiger partial charge in [0.15, 0.2) is 5.69 Å². The minimum absolute atomic E-state index is 0.117. The third-order valence-corrected chi connectivity index (χ3v) is 5.23. The Hall–Kier alpha value is -1.96. The fourth-order valence-corrected chi connectivity index (χ4v) is 3.50. The number of amides is 2. The number of aromatic nitrogens is 3. The van der Waals surface area contributed by atoms with E-state index in [1.807, 2.05) is 4.90 Å². The van der Waals surface area contributed by atoms with Gasteiger partial charge in [0.1, 0.15) is 0 Å². The van der Waals surface area contributed by atoms with Crippen LogP contribution in [0.1, 0.15) is 48.6 Å². The van der Waals surface area contributed by atoms with E-state index >= 15 is 0 Å². The van der Waals surface area contributed by atoms with Crippen molar-refractivity contribution >= 4 is 11.8 Å². The highest BCUT2D eigenvalue weighted by Crippen LogP contribution is 2.30. The number of ether oxygens (including phenoxy) is 1. The third kappa shape index (κ3) is 4.18. The van der Waals surface area contributed by atoms with Gasteiger partial charge >= 0.3 is 0 Å². The molecule has 3 rings (SSSR count). The number of nitrogens with zero attached hydrogens (tertiary/aromatic N) is 5. The molecule has 0 radical (unpaired) electrons. The molecule has 1 saturated heterocycles. The van der Waals surface area contributed by atoms with Crippen molar-refractivity contribution in [3.63, 3.8) is 0 Å². The summed E-state index contributed by atoms with van der Waals surface area (Å²) in [7, 11) is 3.32. The first-order chi connectivity index (χ1) is 12.1. The summed E-state index contributed by atoms with van der Waals surface area (Å²) in [5.74, 6) is 0.653. The Morgan fingerprint density at radius 1 is 1.32 bits per heavy atom. The van der Waals surface area contributed by atoms with E-state index in [1.54, 1.807) is 29.9 Å². The van der Waals surface area contributed by atoms with Gasteiger partial charge in [-0.2, -0.15) is 0 Å². The smallest absolute Gasteiger partial charge is 0.275 e. The molecule has 0 atom stereocenters. The van der Waals surface area contributed by atoms with E-state index in [-0.39, 0.29) is 17.9 Å². The number of hydrogen-bond acceptors (Lipinski definition) is 5. The maximum atomic E-state index is 12.3. The summed E-state index contributed by atoms with van der Waals surface area (Å²) in [5, 5.41) is 8.05. The van der Waals surface area contributed by atoms with Crippen molar-refractivity contribution in [3.8, 4) is 0 Å². The average Bonchev–Trinajstić information content (AvgIpc) is 3.22. The number of carbonyl (C=O) groups excluding carboxylic acids is 2. The molecule has 0 N–H and O–H groups in total. The highest BCUT2D eigenvalue weighted by Gasteiger charge is 2.34. The molecule has 1 aromatic heterocycles. The number of rotatable bonds is 7. The van der Waals surface area contributed by atoms with Gasteiger partial charge in [-0.3, -0.25) is 9.59 Å². The van der Waals surface area contributed by atoms with Crippen LogP contribution in [0.15, 0.2) is 6.20 Å². The van der Waals surface area contributed by atoms with Crippen molar-refractivity contribution < 1.29 is 14.3 Å². The molecule has 1 aliphatic carbocycles. The van der Waals surface area contributed by atoms with Crippen LogP contribution in [0, 0.1) is 5.92 Å². The summed E-state index contributed by atoms with van der Waals surface area (Å²) in [4.78, 5) is 28.0. The Labute approximate surface area is 148 Å². The van der Waals surface area contributed by atoms with Gasteiger partial charge in [-0.15, -0.1) is 5.10 Å². The third-order valence-electron chi connectivity index (χ3n) is 5.23. The highest BCUT2D eigenvalue weighted by atomic mass is 16.5. The lowest BCUT2D eigenvalue weighted by molar-refractivity contribution is -0.138. The monoisotopic (exact) mass is 349 g/mol. The SMILES string of the molecule is COCCN(C)C(=O)c1cn(C2CN(C(=O)CC3CCCC3)C2)nn1. The second-order valence-corrected chi connectivity index (χ2v) is 7.11. The van der Waals surface area contributed by atoms with Crippen LogP contribution in [0.25, 0.3) is 0 Å². The molecule has 8 nitrogen and oxygen atoms in total. The number of methoxy groups -OCH3 is 1. The van der Waals surface area contributed by atoms with Crippen molar-refractivity contribution in [1.82, 2.24) is 24.8 Å². The first-order valence-corrected chi connectivity index (χ1v) is 9.02.